The molecule has 96 valence electrons. The lowest BCUT2D eigenvalue weighted by Gasteiger charge is -2.17. The molecule has 18 heavy (non-hydrogen) atoms. The maximum Gasteiger partial charge on any atom is 0.0511 e. The largest absolute Gasteiger partial charge is 0.271 e. The van der Waals surface area contributed by atoms with E-state index in [-0.39, 0.29) is 6.04 Å². The summed E-state index contributed by atoms with van der Waals surface area (Å²) in [6.07, 6.45) is 0.927. The van der Waals surface area contributed by atoms with Gasteiger partial charge in [-0.15, -0.1) is 0 Å². The second-order valence-corrected chi connectivity index (χ2v) is 5.67. The summed E-state index contributed by atoms with van der Waals surface area (Å²) in [7, 11) is 0. The Balaban J connectivity index is 2.23. The number of hydrogen-bond acceptors (Lipinski definition) is 3. The maximum absolute atomic E-state index is 5.71. The van der Waals surface area contributed by atoms with Gasteiger partial charge in [-0.25, -0.2) is 0 Å². The fourth-order valence-corrected chi connectivity index (χ4v) is 3.31. The highest BCUT2D eigenvalue weighted by atomic mass is 32.1. The first-order valence-electron chi connectivity index (χ1n) is 6.16. The molecule has 0 saturated heterocycles. The summed E-state index contributed by atoms with van der Waals surface area (Å²) in [5.74, 6) is 5.71. The second kappa shape index (κ2) is 5.65. The molecule has 0 saturated carbocycles. The van der Waals surface area contributed by atoms with Crippen molar-refractivity contribution in [1.82, 2.24) is 5.43 Å². The molecule has 3 N–H and O–H groups in total. The SMILES string of the molecule is Cc1cc(C)cc(CC(NN)c2cscc2C)c1. The Kier molecular flexibility index (Phi) is 4.17. The van der Waals surface area contributed by atoms with Gasteiger partial charge in [-0.05, 0) is 54.6 Å². The van der Waals surface area contributed by atoms with Crippen molar-refractivity contribution in [2.75, 3.05) is 0 Å². The van der Waals surface area contributed by atoms with Gasteiger partial charge in [0.2, 0.25) is 0 Å². The predicted molar refractivity (Wildman–Crippen MR) is 78.7 cm³/mol. The number of nitrogens with one attached hydrogen (secondary N) is 1. The minimum atomic E-state index is 0.192. The van der Waals surface area contributed by atoms with Crippen LogP contribution in [-0.2, 0) is 6.42 Å². The summed E-state index contributed by atoms with van der Waals surface area (Å²) in [5.41, 5.74) is 9.51. The molecular weight excluding hydrogens is 240 g/mol. The molecule has 0 aliphatic heterocycles. The smallest absolute Gasteiger partial charge is 0.0511 e. The molecule has 0 fully saturated rings. The van der Waals surface area contributed by atoms with Crippen molar-refractivity contribution in [3.63, 3.8) is 0 Å². The number of aryl methyl sites for hydroxylation is 3. The van der Waals surface area contributed by atoms with Gasteiger partial charge in [0.05, 0.1) is 6.04 Å². The van der Waals surface area contributed by atoms with Crippen molar-refractivity contribution in [3.8, 4) is 0 Å². The highest BCUT2D eigenvalue weighted by Gasteiger charge is 2.14. The average molecular weight is 260 g/mol. The summed E-state index contributed by atoms with van der Waals surface area (Å²) in [5, 5.41) is 4.35. The number of nitrogens with two attached hydrogens (primary N) is 1. The van der Waals surface area contributed by atoms with Gasteiger partial charge >= 0.3 is 0 Å². The molecule has 1 atom stereocenters. The first-order valence-corrected chi connectivity index (χ1v) is 7.10. The topological polar surface area (TPSA) is 38.0 Å². The zero-order chi connectivity index (χ0) is 13.1. The van der Waals surface area contributed by atoms with E-state index in [9.17, 15) is 0 Å². The van der Waals surface area contributed by atoms with Crippen molar-refractivity contribution in [2.24, 2.45) is 5.84 Å². The fraction of sp³-hybridized carbons (Fsp3) is 0.333. The Morgan fingerprint density at radius 1 is 1.11 bits per heavy atom. The summed E-state index contributed by atoms with van der Waals surface area (Å²) in [6.45, 7) is 6.41. The van der Waals surface area contributed by atoms with Crippen LogP contribution in [-0.4, -0.2) is 0 Å². The molecule has 0 radical (unpaired) electrons. The van der Waals surface area contributed by atoms with Crippen molar-refractivity contribution in [1.29, 1.82) is 0 Å². The van der Waals surface area contributed by atoms with E-state index in [4.69, 9.17) is 5.84 Å². The van der Waals surface area contributed by atoms with E-state index in [1.54, 1.807) is 11.3 Å². The standard InChI is InChI=1S/C15H20N2S/c1-10-4-11(2)6-13(5-10)7-15(17-16)14-9-18-8-12(14)3/h4-6,8-9,15,17H,7,16H2,1-3H3. The molecule has 1 aromatic carbocycles. The molecule has 1 unspecified atom stereocenters. The van der Waals surface area contributed by atoms with Crippen LogP contribution in [0.3, 0.4) is 0 Å². The fourth-order valence-electron chi connectivity index (χ4n) is 2.41. The van der Waals surface area contributed by atoms with E-state index in [0.717, 1.165) is 6.42 Å². The van der Waals surface area contributed by atoms with Gasteiger partial charge in [0, 0.05) is 0 Å². The third kappa shape index (κ3) is 2.99. The predicted octanol–water partition coefficient (Wildman–Crippen LogP) is 3.42. The first-order chi connectivity index (χ1) is 8.60. The van der Waals surface area contributed by atoms with Gasteiger partial charge in [0.1, 0.15) is 0 Å². The Morgan fingerprint density at radius 3 is 2.28 bits per heavy atom. The Bertz CT molecular complexity index is 511. The van der Waals surface area contributed by atoms with Gasteiger partial charge in [0.25, 0.3) is 0 Å². The molecule has 1 heterocycles. The minimum absolute atomic E-state index is 0.192. The summed E-state index contributed by atoms with van der Waals surface area (Å²) in [6, 6.07) is 6.86. The van der Waals surface area contributed by atoms with Gasteiger partial charge in [0.15, 0.2) is 0 Å². The summed E-state index contributed by atoms with van der Waals surface area (Å²) in [4.78, 5) is 0. The van der Waals surface area contributed by atoms with Crippen LogP contribution < -0.4 is 11.3 Å². The lowest BCUT2D eigenvalue weighted by atomic mass is 9.97. The Hall–Kier alpha value is -1.16. The minimum Gasteiger partial charge on any atom is -0.271 e. The van der Waals surface area contributed by atoms with Crippen molar-refractivity contribution in [3.05, 3.63) is 56.8 Å². The lowest BCUT2D eigenvalue weighted by molar-refractivity contribution is 0.551. The number of hydrogen-bond donors (Lipinski definition) is 2. The van der Waals surface area contributed by atoms with Crippen LogP contribution in [0, 0.1) is 20.8 Å². The zero-order valence-electron chi connectivity index (χ0n) is 11.2. The van der Waals surface area contributed by atoms with E-state index in [0.29, 0.717) is 0 Å². The molecule has 1 aromatic heterocycles. The second-order valence-electron chi connectivity index (χ2n) is 4.93. The van der Waals surface area contributed by atoms with E-state index in [1.165, 1.54) is 27.8 Å². The van der Waals surface area contributed by atoms with Crippen LogP contribution in [0.2, 0.25) is 0 Å². The van der Waals surface area contributed by atoms with Crippen molar-refractivity contribution in [2.45, 2.75) is 33.2 Å². The highest BCUT2D eigenvalue weighted by Crippen LogP contribution is 2.25. The van der Waals surface area contributed by atoms with Crippen LogP contribution in [0.15, 0.2) is 29.0 Å². The molecule has 0 aliphatic rings. The summed E-state index contributed by atoms with van der Waals surface area (Å²) < 4.78 is 0. The molecule has 2 rings (SSSR count). The highest BCUT2D eigenvalue weighted by molar-refractivity contribution is 7.08. The number of benzene rings is 1. The van der Waals surface area contributed by atoms with Crippen LogP contribution in [0.25, 0.3) is 0 Å². The molecule has 0 amide bonds. The van der Waals surface area contributed by atoms with Gasteiger partial charge in [-0.1, -0.05) is 29.3 Å². The lowest BCUT2D eigenvalue weighted by Crippen LogP contribution is -2.29. The quantitative estimate of drug-likeness (QED) is 0.653. The molecule has 2 nitrogen and oxygen atoms in total. The van der Waals surface area contributed by atoms with Gasteiger partial charge in [-0.2, -0.15) is 11.3 Å². The number of thiophene rings is 1. The normalized spacial score (nSPS) is 12.7. The monoisotopic (exact) mass is 260 g/mol. The van der Waals surface area contributed by atoms with Gasteiger partial charge in [-0.3, -0.25) is 11.3 Å². The van der Waals surface area contributed by atoms with E-state index < -0.39 is 0 Å². The molecule has 3 heteroatoms. The third-order valence-corrected chi connectivity index (χ3v) is 4.07. The van der Waals surface area contributed by atoms with Crippen molar-refractivity contribution < 1.29 is 0 Å². The maximum atomic E-state index is 5.71. The van der Waals surface area contributed by atoms with Crippen LogP contribution >= 0.6 is 11.3 Å². The number of hydrazine groups is 1. The zero-order valence-corrected chi connectivity index (χ0v) is 12.0. The number of rotatable bonds is 4. The van der Waals surface area contributed by atoms with Crippen LogP contribution in [0.1, 0.15) is 33.9 Å². The molecule has 0 bridgehead atoms. The molecular formula is C15H20N2S. The van der Waals surface area contributed by atoms with E-state index >= 15 is 0 Å². The van der Waals surface area contributed by atoms with Crippen LogP contribution in [0.5, 0.6) is 0 Å². The Labute approximate surface area is 113 Å². The molecule has 0 spiro atoms. The van der Waals surface area contributed by atoms with E-state index in [2.05, 4.69) is 55.2 Å². The third-order valence-electron chi connectivity index (χ3n) is 3.19. The average Bonchev–Trinajstić information content (AvgIpc) is 2.71. The van der Waals surface area contributed by atoms with Crippen LogP contribution in [0.4, 0.5) is 0 Å². The first kappa shape index (κ1) is 13.3. The Morgan fingerprint density at radius 2 is 1.78 bits per heavy atom. The van der Waals surface area contributed by atoms with Crippen molar-refractivity contribution >= 4 is 11.3 Å². The molecule has 0 aliphatic carbocycles. The van der Waals surface area contributed by atoms with E-state index in [1.807, 2.05) is 0 Å². The molecule has 2 aromatic rings. The van der Waals surface area contributed by atoms with Gasteiger partial charge < -0.3 is 0 Å². The summed E-state index contributed by atoms with van der Waals surface area (Å²) >= 11 is 1.73.